The Balaban J connectivity index is 2.73. The first-order valence-corrected chi connectivity index (χ1v) is 5.31. The van der Waals surface area contributed by atoms with Gasteiger partial charge in [-0.15, -0.1) is 0 Å². The van der Waals surface area contributed by atoms with Crippen LogP contribution in [0.4, 0.5) is 0 Å². The lowest BCUT2D eigenvalue weighted by molar-refractivity contribution is 0.112. The second kappa shape index (κ2) is 3.58. The summed E-state index contributed by atoms with van der Waals surface area (Å²) < 4.78 is 1.07. The molecule has 0 bridgehead atoms. The van der Waals surface area contributed by atoms with Crippen molar-refractivity contribution in [3.63, 3.8) is 0 Å². The van der Waals surface area contributed by atoms with Crippen LogP contribution in [0.5, 0.6) is 0 Å². The van der Waals surface area contributed by atoms with Crippen LogP contribution in [0.3, 0.4) is 0 Å². The molecule has 1 heterocycles. The first-order valence-electron chi connectivity index (χ1n) is 4.51. The number of hydrogen-bond donors (Lipinski definition) is 1. The summed E-state index contributed by atoms with van der Waals surface area (Å²) >= 11 is 3.53. The van der Waals surface area contributed by atoms with Gasteiger partial charge in [-0.1, -0.05) is 6.92 Å². The van der Waals surface area contributed by atoms with Crippen molar-refractivity contribution in [2.45, 2.75) is 13.3 Å². The van der Waals surface area contributed by atoms with E-state index in [1.165, 1.54) is 5.69 Å². The Morgan fingerprint density at radius 3 is 2.93 bits per heavy atom. The molecule has 0 aliphatic heterocycles. The van der Waals surface area contributed by atoms with Crippen LogP contribution in [-0.2, 0) is 6.42 Å². The third kappa shape index (κ3) is 1.38. The highest BCUT2D eigenvalue weighted by Gasteiger charge is 2.07. The standard InChI is InChI=1S/C11H10BrNO/c1-2-9-11(12)8-5-7(6-14)3-4-10(8)13-9/h3-6,13H,2H2,1H3. The number of H-pyrrole nitrogens is 1. The lowest BCUT2D eigenvalue weighted by Gasteiger charge is -1.92. The topological polar surface area (TPSA) is 32.9 Å². The van der Waals surface area contributed by atoms with Crippen LogP contribution >= 0.6 is 15.9 Å². The van der Waals surface area contributed by atoms with E-state index in [0.29, 0.717) is 5.56 Å². The van der Waals surface area contributed by atoms with Gasteiger partial charge >= 0.3 is 0 Å². The minimum atomic E-state index is 0.708. The van der Waals surface area contributed by atoms with E-state index in [9.17, 15) is 4.79 Å². The Kier molecular flexibility index (Phi) is 2.42. The lowest BCUT2D eigenvalue weighted by atomic mass is 10.2. The summed E-state index contributed by atoms with van der Waals surface area (Å²) in [4.78, 5) is 13.9. The zero-order valence-corrected chi connectivity index (χ0v) is 9.39. The first-order chi connectivity index (χ1) is 6.76. The predicted octanol–water partition coefficient (Wildman–Crippen LogP) is 3.31. The molecule has 0 fully saturated rings. The first kappa shape index (κ1) is 9.46. The quantitative estimate of drug-likeness (QED) is 0.817. The fourth-order valence-corrected chi connectivity index (χ4v) is 2.26. The summed E-state index contributed by atoms with van der Waals surface area (Å²) in [5.41, 5.74) is 2.95. The highest BCUT2D eigenvalue weighted by Crippen LogP contribution is 2.28. The molecule has 1 aromatic carbocycles. The van der Waals surface area contributed by atoms with Gasteiger partial charge in [-0.2, -0.15) is 0 Å². The van der Waals surface area contributed by atoms with E-state index in [1.54, 1.807) is 0 Å². The van der Waals surface area contributed by atoms with Crippen LogP contribution in [0.2, 0.25) is 0 Å². The third-order valence-corrected chi connectivity index (χ3v) is 3.23. The summed E-state index contributed by atoms with van der Waals surface area (Å²) in [5, 5.41) is 1.08. The van der Waals surface area contributed by atoms with Crippen LogP contribution in [0, 0.1) is 0 Å². The fourth-order valence-electron chi connectivity index (χ4n) is 1.55. The number of benzene rings is 1. The SMILES string of the molecule is CCc1[nH]c2ccc(C=O)cc2c1Br. The molecule has 3 heteroatoms. The van der Waals surface area contributed by atoms with Crippen LogP contribution in [0.25, 0.3) is 10.9 Å². The van der Waals surface area contributed by atoms with Crippen molar-refractivity contribution < 1.29 is 4.79 Å². The molecule has 0 aliphatic carbocycles. The van der Waals surface area contributed by atoms with Gasteiger partial charge < -0.3 is 4.98 Å². The molecule has 1 aromatic heterocycles. The van der Waals surface area contributed by atoms with Gasteiger partial charge in [-0.3, -0.25) is 4.79 Å². The van der Waals surface area contributed by atoms with Gasteiger partial charge in [0.1, 0.15) is 6.29 Å². The van der Waals surface area contributed by atoms with Gasteiger partial charge in [0.25, 0.3) is 0 Å². The number of carbonyl (C=O) groups excluding carboxylic acids is 1. The molecule has 14 heavy (non-hydrogen) atoms. The molecule has 0 saturated carbocycles. The number of carbonyl (C=O) groups is 1. The van der Waals surface area contributed by atoms with E-state index in [4.69, 9.17) is 0 Å². The van der Waals surface area contributed by atoms with Gasteiger partial charge in [-0.25, -0.2) is 0 Å². The molecule has 2 nitrogen and oxygen atoms in total. The van der Waals surface area contributed by atoms with Gasteiger partial charge in [-0.05, 0) is 40.5 Å². The summed E-state index contributed by atoms with van der Waals surface area (Å²) in [6, 6.07) is 5.64. The molecule has 0 saturated heterocycles. The molecule has 2 aromatic rings. The lowest BCUT2D eigenvalue weighted by Crippen LogP contribution is -1.77. The maximum absolute atomic E-state index is 10.6. The average Bonchev–Trinajstić information content (AvgIpc) is 2.55. The van der Waals surface area contributed by atoms with Crippen molar-refractivity contribution in [3.05, 3.63) is 33.9 Å². The molecule has 0 spiro atoms. The minimum Gasteiger partial charge on any atom is -0.357 e. The van der Waals surface area contributed by atoms with Gasteiger partial charge in [0, 0.05) is 26.6 Å². The molecule has 2 rings (SSSR count). The van der Waals surface area contributed by atoms with Crippen LogP contribution in [0.1, 0.15) is 23.0 Å². The molecule has 72 valence electrons. The number of nitrogens with one attached hydrogen (secondary N) is 1. The number of aldehydes is 1. The van der Waals surface area contributed by atoms with Crippen molar-refractivity contribution >= 4 is 33.1 Å². The van der Waals surface area contributed by atoms with Crippen molar-refractivity contribution in [2.75, 3.05) is 0 Å². The maximum Gasteiger partial charge on any atom is 0.150 e. The molecule has 0 radical (unpaired) electrons. The second-order valence-electron chi connectivity index (χ2n) is 3.19. The van der Waals surface area contributed by atoms with Crippen molar-refractivity contribution in [2.24, 2.45) is 0 Å². The molecule has 0 unspecified atom stereocenters. The Hall–Kier alpha value is -1.09. The maximum atomic E-state index is 10.6. The van der Waals surface area contributed by atoms with Crippen LogP contribution in [0.15, 0.2) is 22.7 Å². The zero-order valence-electron chi connectivity index (χ0n) is 7.80. The molecular weight excluding hydrogens is 242 g/mol. The van der Waals surface area contributed by atoms with E-state index in [0.717, 1.165) is 28.1 Å². The van der Waals surface area contributed by atoms with Gasteiger partial charge in [0.15, 0.2) is 0 Å². The zero-order chi connectivity index (χ0) is 10.1. The van der Waals surface area contributed by atoms with E-state index in [1.807, 2.05) is 18.2 Å². The van der Waals surface area contributed by atoms with Crippen molar-refractivity contribution in [3.8, 4) is 0 Å². The summed E-state index contributed by atoms with van der Waals surface area (Å²) in [5.74, 6) is 0. The predicted molar refractivity (Wildman–Crippen MR) is 60.8 cm³/mol. The van der Waals surface area contributed by atoms with E-state index in [2.05, 4.69) is 27.8 Å². The minimum absolute atomic E-state index is 0.708. The Bertz CT molecular complexity index is 487. The van der Waals surface area contributed by atoms with E-state index < -0.39 is 0 Å². The molecule has 0 aliphatic rings. The summed E-state index contributed by atoms with van der Waals surface area (Å²) in [6.07, 6.45) is 1.82. The van der Waals surface area contributed by atoms with Crippen molar-refractivity contribution in [1.82, 2.24) is 4.98 Å². The number of aromatic nitrogens is 1. The molecular formula is C11H10BrNO. The largest absolute Gasteiger partial charge is 0.357 e. The second-order valence-corrected chi connectivity index (χ2v) is 3.99. The van der Waals surface area contributed by atoms with Crippen LogP contribution < -0.4 is 0 Å². The normalized spacial score (nSPS) is 10.7. The van der Waals surface area contributed by atoms with Crippen molar-refractivity contribution in [1.29, 1.82) is 0 Å². The third-order valence-electron chi connectivity index (χ3n) is 2.32. The monoisotopic (exact) mass is 251 g/mol. The molecule has 1 N–H and O–H groups in total. The smallest absolute Gasteiger partial charge is 0.150 e. The highest BCUT2D eigenvalue weighted by molar-refractivity contribution is 9.10. The van der Waals surface area contributed by atoms with Gasteiger partial charge in [0.2, 0.25) is 0 Å². The average molecular weight is 252 g/mol. The summed E-state index contributed by atoms with van der Waals surface area (Å²) in [7, 11) is 0. The number of fused-ring (bicyclic) bond motifs is 1. The Morgan fingerprint density at radius 1 is 1.50 bits per heavy atom. The number of halogens is 1. The molecule has 0 amide bonds. The Morgan fingerprint density at radius 2 is 2.29 bits per heavy atom. The number of rotatable bonds is 2. The molecule has 0 atom stereocenters. The number of hydrogen-bond acceptors (Lipinski definition) is 1. The highest BCUT2D eigenvalue weighted by atomic mass is 79.9. The van der Waals surface area contributed by atoms with Gasteiger partial charge in [0.05, 0.1) is 0 Å². The van der Waals surface area contributed by atoms with E-state index in [-0.39, 0.29) is 0 Å². The number of aryl methyl sites for hydroxylation is 1. The fraction of sp³-hybridized carbons (Fsp3) is 0.182. The van der Waals surface area contributed by atoms with Crippen LogP contribution in [-0.4, -0.2) is 11.3 Å². The Labute approximate surface area is 90.4 Å². The number of aromatic amines is 1. The summed E-state index contributed by atoms with van der Waals surface area (Å²) in [6.45, 7) is 2.09. The van der Waals surface area contributed by atoms with E-state index >= 15 is 0 Å².